The van der Waals surface area contributed by atoms with Crippen LogP contribution in [-0.2, 0) is 4.74 Å². The highest BCUT2D eigenvalue weighted by atomic mass is 16.5. The molecule has 40 heavy (non-hydrogen) atoms. The third-order valence-electron chi connectivity index (χ3n) is 8.28. The van der Waals surface area contributed by atoms with Crippen LogP contribution in [0.5, 0.6) is 5.75 Å². The standard InChI is InChI=1S/C18H29NO2.C17H28N2/c1-14(2)16-5-6-18(17(13-16)15(3)4)21-12-9-19-7-10-20-11-8-19;1-13(2)15-6-7-17(16(12-15)14(3)4)19-10-8-18(5)9-11-19/h5-6,13-15H,7-12H2,1-4H3;6-7,12-14H,8-11H2,1-5H3. The highest BCUT2D eigenvalue weighted by Crippen LogP contribution is 2.32. The first-order valence-corrected chi connectivity index (χ1v) is 15.7. The molecule has 2 fully saturated rings. The summed E-state index contributed by atoms with van der Waals surface area (Å²) in [5, 5.41) is 0. The monoisotopic (exact) mass is 551 g/mol. The van der Waals surface area contributed by atoms with Crippen LogP contribution in [0.3, 0.4) is 0 Å². The number of nitrogens with zero attached hydrogens (tertiary/aromatic N) is 3. The molecule has 0 saturated carbocycles. The summed E-state index contributed by atoms with van der Waals surface area (Å²) >= 11 is 0. The maximum Gasteiger partial charge on any atom is 0.122 e. The molecule has 0 unspecified atom stereocenters. The van der Waals surface area contributed by atoms with Crippen LogP contribution in [0.2, 0.25) is 0 Å². The van der Waals surface area contributed by atoms with Crippen molar-refractivity contribution in [2.75, 3.05) is 77.6 Å². The van der Waals surface area contributed by atoms with Gasteiger partial charge in [0.05, 0.1) is 13.2 Å². The van der Waals surface area contributed by atoms with Gasteiger partial charge < -0.3 is 19.3 Å². The first-order valence-electron chi connectivity index (χ1n) is 15.7. The van der Waals surface area contributed by atoms with Gasteiger partial charge in [0.15, 0.2) is 0 Å². The van der Waals surface area contributed by atoms with Gasteiger partial charge in [-0.3, -0.25) is 4.90 Å². The van der Waals surface area contributed by atoms with E-state index in [1.165, 1.54) is 41.0 Å². The minimum Gasteiger partial charge on any atom is -0.492 e. The van der Waals surface area contributed by atoms with E-state index < -0.39 is 0 Å². The van der Waals surface area contributed by atoms with E-state index in [9.17, 15) is 0 Å². The summed E-state index contributed by atoms with van der Waals surface area (Å²) in [7, 11) is 2.21. The number of hydrogen-bond donors (Lipinski definition) is 0. The summed E-state index contributed by atoms with van der Waals surface area (Å²) in [4.78, 5) is 7.37. The molecule has 2 aromatic rings. The van der Waals surface area contributed by atoms with Gasteiger partial charge in [0.1, 0.15) is 12.4 Å². The van der Waals surface area contributed by atoms with Crippen LogP contribution in [-0.4, -0.2) is 82.5 Å². The minimum atomic E-state index is 0.488. The van der Waals surface area contributed by atoms with E-state index in [1.807, 2.05) is 0 Å². The number of piperazine rings is 1. The van der Waals surface area contributed by atoms with E-state index in [0.29, 0.717) is 23.7 Å². The lowest BCUT2D eigenvalue weighted by Crippen LogP contribution is -2.44. The molecule has 0 bridgehead atoms. The zero-order valence-corrected chi connectivity index (χ0v) is 27.0. The van der Waals surface area contributed by atoms with Gasteiger partial charge in [-0.25, -0.2) is 0 Å². The smallest absolute Gasteiger partial charge is 0.122 e. The molecular weight excluding hydrogens is 494 g/mol. The second-order valence-electron chi connectivity index (χ2n) is 12.8. The Kier molecular flexibility index (Phi) is 12.8. The van der Waals surface area contributed by atoms with Crippen molar-refractivity contribution in [2.24, 2.45) is 0 Å². The molecule has 0 spiro atoms. The molecule has 5 nitrogen and oxygen atoms in total. The number of likely N-dealkylation sites (N-methyl/N-ethyl adjacent to an activating group) is 1. The average Bonchev–Trinajstić information content (AvgIpc) is 2.94. The van der Waals surface area contributed by atoms with Crippen molar-refractivity contribution in [2.45, 2.75) is 79.1 Å². The van der Waals surface area contributed by atoms with Crippen LogP contribution < -0.4 is 9.64 Å². The van der Waals surface area contributed by atoms with Crippen LogP contribution in [0.15, 0.2) is 36.4 Å². The Morgan fingerprint density at radius 2 is 1.23 bits per heavy atom. The molecule has 0 amide bonds. The van der Waals surface area contributed by atoms with Crippen molar-refractivity contribution in [3.05, 3.63) is 58.7 Å². The largest absolute Gasteiger partial charge is 0.492 e. The van der Waals surface area contributed by atoms with E-state index >= 15 is 0 Å². The molecule has 2 aliphatic rings. The van der Waals surface area contributed by atoms with E-state index in [1.54, 1.807) is 0 Å². The number of hydrogen-bond acceptors (Lipinski definition) is 5. The highest BCUT2D eigenvalue weighted by molar-refractivity contribution is 5.57. The van der Waals surface area contributed by atoms with E-state index in [2.05, 4.69) is 114 Å². The number of ether oxygens (including phenoxy) is 2. The maximum absolute atomic E-state index is 6.05. The molecule has 0 atom stereocenters. The zero-order chi connectivity index (χ0) is 29.2. The van der Waals surface area contributed by atoms with Crippen molar-refractivity contribution in [3.8, 4) is 5.75 Å². The third-order valence-corrected chi connectivity index (χ3v) is 8.28. The summed E-state index contributed by atoms with van der Waals surface area (Å²) in [5.74, 6) is 3.29. The summed E-state index contributed by atoms with van der Waals surface area (Å²) in [6, 6.07) is 13.7. The van der Waals surface area contributed by atoms with Crippen molar-refractivity contribution >= 4 is 5.69 Å². The maximum atomic E-state index is 6.05. The van der Waals surface area contributed by atoms with Crippen LogP contribution in [0.1, 0.15) is 101 Å². The fourth-order valence-electron chi connectivity index (χ4n) is 5.35. The molecule has 0 aliphatic carbocycles. The number of rotatable bonds is 9. The van der Waals surface area contributed by atoms with Crippen molar-refractivity contribution in [1.82, 2.24) is 9.80 Å². The van der Waals surface area contributed by atoms with Gasteiger partial charge in [-0.1, -0.05) is 79.7 Å². The second-order valence-corrected chi connectivity index (χ2v) is 12.8. The summed E-state index contributed by atoms with van der Waals surface area (Å²) in [5.41, 5.74) is 7.13. The van der Waals surface area contributed by atoms with Crippen molar-refractivity contribution < 1.29 is 9.47 Å². The van der Waals surface area contributed by atoms with Crippen LogP contribution in [0.25, 0.3) is 0 Å². The molecule has 2 saturated heterocycles. The van der Waals surface area contributed by atoms with E-state index in [-0.39, 0.29) is 0 Å². The molecule has 0 N–H and O–H groups in total. The molecule has 2 heterocycles. The van der Waals surface area contributed by atoms with Crippen LogP contribution in [0.4, 0.5) is 5.69 Å². The van der Waals surface area contributed by atoms with Gasteiger partial charge in [-0.2, -0.15) is 0 Å². The van der Waals surface area contributed by atoms with Gasteiger partial charge in [0.2, 0.25) is 0 Å². The van der Waals surface area contributed by atoms with Gasteiger partial charge in [0.25, 0.3) is 0 Å². The van der Waals surface area contributed by atoms with E-state index in [0.717, 1.165) is 58.3 Å². The van der Waals surface area contributed by atoms with Crippen molar-refractivity contribution in [1.29, 1.82) is 0 Å². The lowest BCUT2D eigenvalue weighted by Gasteiger charge is -2.36. The topological polar surface area (TPSA) is 28.2 Å². The lowest BCUT2D eigenvalue weighted by atomic mass is 9.93. The Morgan fingerprint density at radius 1 is 0.675 bits per heavy atom. The molecule has 5 heteroatoms. The lowest BCUT2D eigenvalue weighted by molar-refractivity contribution is 0.0322. The normalized spacial score (nSPS) is 17.1. The highest BCUT2D eigenvalue weighted by Gasteiger charge is 2.19. The Morgan fingerprint density at radius 3 is 1.77 bits per heavy atom. The molecular formula is C35H57N3O2. The fourth-order valence-corrected chi connectivity index (χ4v) is 5.35. The quantitative estimate of drug-likeness (QED) is 0.325. The van der Waals surface area contributed by atoms with Gasteiger partial charge in [-0.15, -0.1) is 0 Å². The molecule has 0 radical (unpaired) electrons. The third kappa shape index (κ3) is 9.49. The predicted molar refractivity (Wildman–Crippen MR) is 172 cm³/mol. The Hall–Kier alpha value is -2.08. The first kappa shape index (κ1) is 32.4. The Balaban J connectivity index is 0.000000222. The van der Waals surface area contributed by atoms with Gasteiger partial charge in [-0.05, 0) is 65.1 Å². The van der Waals surface area contributed by atoms with Crippen LogP contribution in [0, 0.1) is 0 Å². The zero-order valence-electron chi connectivity index (χ0n) is 27.0. The SMILES string of the molecule is CC(C)c1ccc(N2CCN(C)CC2)c(C(C)C)c1.CC(C)c1ccc(OCCN2CCOCC2)c(C(C)C)c1. The fraction of sp³-hybridized carbons (Fsp3) is 0.657. The number of anilines is 1. The van der Waals surface area contributed by atoms with Gasteiger partial charge in [0, 0.05) is 51.5 Å². The molecule has 2 aliphatic heterocycles. The summed E-state index contributed by atoms with van der Waals surface area (Å²) in [6.45, 7) is 28.2. The molecule has 4 rings (SSSR count). The Bertz CT molecular complexity index is 1020. The Labute approximate surface area is 245 Å². The molecule has 0 aromatic heterocycles. The van der Waals surface area contributed by atoms with E-state index in [4.69, 9.17) is 9.47 Å². The summed E-state index contributed by atoms with van der Waals surface area (Å²) < 4.78 is 11.4. The number of benzene rings is 2. The van der Waals surface area contributed by atoms with Crippen LogP contribution >= 0.6 is 0 Å². The van der Waals surface area contributed by atoms with Crippen molar-refractivity contribution in [3.63, 3.8) is 0 Å². The average molecular weight is 552 g/mol. The second kappa shape index (κ2) is 15.8. The predicted octanol–water partition coefficient (Wildman–Crippen LogP) is 7.33. The minimum absolute atomic E-state index is 0.488. The first-order chi connectivity index (χ1) is 19.1. The molecule has 2 aromatic carbocycles. The van der Waals surface area contributed by atoms with Gasteiger partial charge >= 0.3 is 0 Å². The molecule has 224 valence electrons. The number of morpholine rings is 1. The summed E-state index contributed by atoms with van der Waals surface area (Å²) in [6.07, 6.45) is 0.